The summed E-state index contributed by atoms with van der Waals surface area (Å²) < 4.78 is 0. The summed E-state index contributed by atoms with van der Waals surface area (Å²) >= 11 is 1.73. The van der Waals surface area contributed by atoms with Crippen molar-refractivity contribution in [2.45, 2.75) is 37.1 Å². The van der Waals surface area contributed by atoms with Gasteiger partial charge in [-0.1, -0.05) is 32.0 Å². The monoisotopic (exact) mass is 266 g/mol. The Morgan fingerprint density at radius 3 is 2.44 bits per heavy atom. The highest BCUT2D eigenvalue weighted by Crippen LogP contribution is 2.16. The maximum atomic E-state index is 11.9. The molecule has 1 aromatic rings. The zero-order valence-corrected chi connectivity index (χ0v) is 11.9. The summed E-state index contributed by atoms with van der Waals surface area (Å²) in [6.45, 7) is 4.54. The third kappa shape index (κ3) is 4.35. The van der Waals surface area contributed by atoms with Crippen LogP contribution < -0.4 is 11.1 Å². The number of hydrogen-bond acceptors (Lipinski definition) is 3. The van der Waals surface area contributed by atoms with Crippen molar-refractivity contribution >= 4 is 17.7 Å². The van der Waals surface area contributed by atoms with Crippen molar-refractivity contribution in [1.29, 1.82) is 0 Å². The van der Waals surface area contributed by atoms with E-state index in [0.717, 1.165) is 5.75 Å². The van der Waals surface area contributed by atoms with Crippen LogP contribution in [-0.2, 0) is 4.79 Å². The second-order valence-corrected chi connectivity index (χ2v) is 5.45. The predicted octanol–water partition coefficient (Wildman–Crippen LogP) is 2.41. The minimum absolute atomic E-state index is 0.0406. The van der Waals surface area contributed by atoms with E-state index in [4.69, 9.17) is 5.73 Å². The number of nitrogens with one attached hydrogen (secondary N) is 1. The summed E-state index contributed by atoms with van der Waals surface area (Å²) in [5.41, 5.74) is 5.30. The van der Waals surface area contributed by atoms with E-state index < -0.39 is 5.54 Å². The van der Waals surface area contributed by atoms with Gasteiger partial charge in [0.25, 0.3) is 0 Å². The first-order valence-electron chi connectivity index (χ1n) is 6.37. The lowest BCUT2D eigenvalue weighted by Crippen LogP contribution is -2.53. The largest absolute Gasteiger partial charge is 0.354 e. The maximum Gasteiger partial charge on any atom is 0.240 e. The van der Waals surface area contributed by atoms with E-state index in [0.29, 0.717) is 19.4 Å². The molecule has 1 amide bonds. The molecular formula is C14H22N2OS. The highest BCUT2D eigenvalue weighted by atomic mass is 32.2. The molecule has 0 bridgehead atoms. The molecule has 100 valence electrons. The molecule has 0 spiro atoms. The summed E-state index contributed by atoms with van der Waals surface area (Å²) in [6, 6.07) is 10.2. The lowest BCUT2D eigenvalue weighted by atomic mass is 9.93. The van der Waals surface area contributed by atoms with Crippen LogP contribution in [0.2, 0.25) is 0 Å². The smallest absolute Gasteiger partial charge is 0.240 e. The lowest BCUT2D eigenvalue weighted by molar-refractivity contribution is -0.126. The Kier molecular flexibility index (Phi) is 6.22. The Morgan fingerprint density at radius 1 is 1.28 bits per heavy atom. The quantitative estimate of drug-likeness (QED) is 0.588. The number of thioether (sulfide) groups is 1. The number of rotatable bonds is 7. The van der Waals surface area contributed by atoms with Gasteiger partial charge in [-0.2, -0.15) is 0 Å². The van der Waals surface area contributed by atoms with E-state index in [-0.39, 0.29) is 5.91 Å². The Morgan fingerprint density at radius 2 is 1.89 bits per heavy atom. The lowest BCUT2D eigenvalue weighted by Gasteiger charge is -2.25. The molecule has 1 aromatic carbocycles. The van der Waals surface area contributed by atoms with Crippen LogP contribution in [0.3, 0.4) is 0 Å². The van der Waals surface area contributed by atoms with Crippen molar-refractivity contribution in [2.75, 3.05) is 12.3 Å². The van der Waals surface area contributed by atoms with E-state index in [1.54, 1.807) is 11.8 Å². The minimum atomic E-state index is -0.711. The van der Waals surface area contributed by atoms with Crippen molar-refractivity contribution in [1.82, 2.24) is 5.32 Å². The first-order valence-corrected chi connectivity index (χ1v) is 7.36. The fraction of sp³-hybridized carbons (Fsp3) is 0.500. The summed E-state index contributed by atoms with van der Waals surface area (Å²) in [4.78, 5) is 13.1. The van der Waals surface area contributed by atoms with Crippen LogP contribution in [0.15, 0.2) is 35.2 Å². The predicted molar refractivity (Wildman–Crippen MR) is 77.7 cm³/mol. The Hall–Kier alpha value is -1.00. The zero-order chi connectivity index (χ0) is 13.4. The number of carbonyl (C=O) groups excluding carboxylic acids is 1. The first-order chi connectivity index (χ1) is 8.62. The van der Waals surface area contributed by atoms with E-state index >= 15 is 0 Å². The summed E-state index contributed by atoms with van der Waals surface area (Å²) in [5, 5.41) is 2.91. The van der Waals surface area contributed by atoms with E-state index in [2.05, 4.69) is 17.4 Å². The van der Waals surface area contributed by atoms with Gasteiger partial charge < -0.3 is 11.1 Å². The fourth-order valence-corrected chi connectivity index (χ4v) is 2.39. The topological polar surface area (TPSA) is 55.1 Å². The molecule has 0 unspecified atom stereocenters. The van der Waals surface area contributed by atoms with Crippen molar-refractivity contribution < 1.29 is 4.79 Å². The second kappa shape index (κ2) is 7.44. The Balaban J connectivity index is 2.28. The van der Waals surface area contributed by atoms with Gasteiger partial charge in [0.2, 0.25) is 5.91 Å². The van der Waals surface area contributed by atoms with Crippen LogP contribution in [0.1, 0.15) is 26.7 Å². The van der Waals surface area contributed by atoms with Crippen LogP contribution >= 0.6 is 11.8 Å². The van der Waals surface area contributed by atoms with Gasteiger partial charge in [-0.3, -0.25) is 4.79 Å². The molecule has 0 fully saturated rings. The van der Waals surface area contributed by atoms with E-state index in [1.807, 2.05) is 32.0 Å². The maximum absolute atomic E-state index is 11.9. The number of benzene rings is 1. The van der Waals surface area contributed by atoms with Gasteiger partial charge in [-0.05, 0) is 25.0 Å². The fourth-order valence-electron chi connectivity index (χ4n) is 1.60. The van der Waals surface area contributed by atoms with Gasteiger partial charge in [0, 0.05) is 17.2 Å². The van der Waals surface area contributed by atoms with Crippen molar-refractivity contribution in [3.05, 3.63) is 30.3 Å². The molecule has 4 heteroatoms. The summed E-state index contributed by atoms with van der Waals surface area (Å²) in [5.74, 6) is 0.820. The zero-order valence-electron chi connectivity index (χ0n) is 11.1. The Labute approximate surface area is 114 Å². The van der Waals surface area contributed by atoms with Crippen molar-refractivity contribution in [2.24, 2.45) is 5.73 Å². The average molecular weight is 266 g/mol. The minimum Gasteiger partial charge on any atom is -0.354 e. The summed E-state index contributed by atoms with van der Waals surface area (Å²) in [7, 11) is 0. The van der Waals surface area contributed by atoms with Crippen LogP contribution in [0.5, 0.6) is 0 Å². The van der Waals surface area contributed by atoms with Gasteiger partial charge in [0.05, 0.1) is 5.54 Å². The van der Waals surface area contributed by atoms with Gasteiger partial charge >= 0.3 is 0 Å². The molecule has 0 heterocycles. The number of amides is 1. The summed E-state index contributed by atoms with van der Waals surface area (Å²) in [6.07, 6.45) is 1.34. The van der Waals surface area contributed by atoms with Crippen LogP contribution in [0.25, 0.3) is 0 Å². The number of nitrogens with two attached hydrogens (primary N) is 1. The molecule has 3 N–H and O–H groups in total. The number of hydrogen-bond donors (Lipinski definition) is 2. The van der Waals surface area contributed by atoms with Gasteiger partial charge in [0.15, 0.2) is 0 Å². The van der Waals surface area contributed by atoms with Gasteiger partial charge in [-0.15, -0.1) is 11.8 Å². The molecule has 1 rings (SSSR count). The first kappa shape index (κ1) is 15.1. The van der Waals surface area contributed by atoms with Crippen LogP contribution in [-0.4, -0.2) is 23.7 Å². The van der Waals surface area contributed by atoms with Crippen LogP contribution in [0, 0.1) is 0 Å². The van der Waals surface area contributed by atoms with Gasteiger partial charge in [0.1, 0.15) is 0 Å². The van der Waals surface area contributed by atoms with Crippen molar-refractivity contribution in [3.63, 3.8) is 0 Å². The highest BCUT2D eigenvalue weighted by molar-refractivity contribution is 7.99. The normalized spacial score (nSPS) is 11.3. The second-order valence-electron chi connectivity index (χ2n) is 4.28. The molecule has 0 aliphatic rings. The standard InChI is InChI=1S/C14H22N2OS/c1-3-14(15,4-2)13(17)16-10-11-18-12-8-6-5-7-9-12/h5-9H,3-4,10-11,15H2,1-2H3,(H,16,17). The number of carbonyl (C=O) groups is 1. The molecule has 0 aliphatic carbocycles. The molecule has 0 radical (unpaired) electrons. The third-order valence-electron chi connectivity index (χ3n) is 3.11. The molecule has 0 atom stereocenters. The van der Waals surface area contributed by atoms with E-state index in [9.17, 15) is 4.79 Å². The molecule has 18 heavy (non-hydrogen) atoms. The highest BCUT2D eigenvalue weighted by Gasteiger charge is 2.29. The average Bonchev–Trinajstić information content (AvgIpc) is 2.43. The molecule has 0 saturated heterocycles. The molecule has 0 aromatic heterocycles. The molecule has 0 saturated carbocycles. The Bertz CT molecular complexity index is 363. The van der Waals surface area contributed by atoms with Gasteiger partial charge in [-0.25, -0.2) is 0 Å². The SMILES string of the molecule is CCC(N)(CC)C(=O)NCCSc1ccccc1. The molecule has 3 nitrogen and oxygen atoms in total. The van der Waals surface area contributed by atoms with E-state index in [1.165, 1.54) is 4.90 Å². The van der Waals surface area contributed by atoms with Crippen LogP contribution in [0.4, 0.5) is 0 Å². The molecule has 0 aliphatic heterocycles. The van der Waals surface area contributed by atoms with Crippen molar-refractivity contribution in [3.8, 4) is 0 Å². The molecular weight excluding hydrogens is 244 g/mol. The third-order valence-corrected chi connectivity index (χ3v) is 4.13.